The summed E-state index contributed by atoms with van der Waals surface area (Å²) in [7, 11) is 1.17. The third kappa shape index (κ3) is 3.19. The van der Waals surface area contributed by atoms with Crippen LogP contribution in [0.15, 0.2) is 12.1 Å². The van der Waals surface area contributed by atoms with E-state index in [1.54, 1.807) is 0 Å². The third-order valence-electron chi connectivity index (χ3n) is 2.89. The van der Waals surface area contributed by atoms with Gasteiger partial charge in [-0.3, -0.25) is 4.79 Å². The number of ether oxygens (including phenoxy) is 1. The predicted molar refractivity (Wildman–Crippen MR) is 66.3 cm³/mol. The average Bonchev–Trinajstić information content (AvgIpc) is 2.34. The molecule has 0 aliphatic rings. The number of nitrogens with two attached hydrogens (primary N) is 1. The smallest absolute Gasteiger partial charge is 0.313 e. The fourth-order valence-electron chi connectivity index (χ4n) is 1.56. The first-order valence-electron chi connectivity index (χ1n) is 5.20. The van der Waals surface area contributed by atoms with Crippen molar-refractivity contribution < 1.29 is 22.7 Å². The monoisotopic (exact) mass is 297 g/mol. The fraction of sp³-hybridized carbons (Fsp3) is 0.417. The second-order valence-corrected chi connectivity index (χ2v) is 4.46. The Morgan fingerprint density at radius 2 is 1.79 bits per heavy atom. The summed E-state index contributed by atoms with van der Waals surface area (Å²) in [5, 5.41) is 0. The van der Waals surface area contributed by atoms with Crippen LogP contribution in [0.5, 0.6) is 0 Å². The molecule has 0 spiro atoms. The van der Waals surface area contributed by atoms with Crippen molar-refractivity contribution >= 4 is 18.4 Å². The Labute approximate surface area is 115 Å². The minimum atomic E-state index is -1.61. The van der Waals surface area contributed by atoms with E-state index in [0.717, 1.165) is 12.1 Å². The van der Waals surface area contributed by atoms with Gasteiger partial charge in [-0.15, -0.1) is 12.4 Å². The average molecular weight is 298 g/mol. The van der Waals surface area contributed by atoms with Crippen LogP contribution < -0.4 is 5.73 Å². The first-order valence-corrected chi connectivity index (χ1v) is 5.20. The molecule has 0 radical (unpaired) electrons. The van der Waals surface area contributed by atoms with E-state index in [4.69, 9.17) is 5.73 Å². The van der Waals surface area contributed by atoms with Crippen LogP contribution in [0.25, 0.3) is 0 Å². The summed E-state index contributed by atoms with van der Waals surface area (Å²) in [4.78, 5) is 11.5. The summed E-state index contributed by atoms with van der Waals surface area (Å²) >= 11 is 0. The summed E-state index contributed by atoms with van der Waals surface area (Å²) in [5.74, 6) is -4.97. The summed E-state index contributed by atoms with van der Waals surface area (Å²) in [6, 6.07) is 0.629. The van der Waals surface area contributed by atoms with Gasteiger partial charge < -0.3 is 10.5 Å². The minimum Gasteiger partial charge on any atom is -0.469 e. The Morgan fingerprint density at radius 1 is 1.26 bits per heavy atom. The highest BCUT2D eigenvalue weighted by Crippen LogP contribution is 2.34. The molecule has 0 amide bonds. The van der Waals surface area contributed by atoms with Gasteiger partial charge in [0.2, 0.25) is 0 Å². The molecule has 2 N–H and O–H groups in total. The van der Waals surface area contributed by atoms with E-state index in [-0.39, 0.29) is 18.0 Å². The number of hydrogen-bond donors (Lipinski definition) is 1. The van der Waals surface area contributed by atoms with Crippen molar-refractivity contribution in [3.05, 3.63) is 35.1 Å². The number of esters is 1. The highest BCUT2D eigenvalue weighted by Gasteiger charge is 2.38. The lowest BCUT2D eigenvalue weighted by Crippen LogP contribution is -2.38. The molecule has 19 heavy (non-hydrogen) atoms. The van der Waals surface area contributed by atoms with Crippen LogP contribution >= 0.6 is 12.4 Å². The molecule has 0 aliphatic carbocycles. The van der Waals surface area contributed by atoms with Crippen LogP contribution in [-0.4, -0.2) is 13.1 Å². The van der Waals surface area contributed by atoms with Gasteiger partial charge in [0.1, 0.15) is 0 Å². The van der Waals surface area contributed by atoms with E-state index >= 15 is 0 Å². The van der Waals surface area contributed by atoms with Gasteiger partial charge in [-0.1, -0.05) is 6.07 Å². The zero-order valence-corrected chi connectivity index (χ0v) is 11.5. The summed E-state index contributed by atoms with van der Waals surface area (Å²) in [6.45, 7) is 2.87. The number of benzene rings is 1. The molecular formula is C12H15ClF3NO2. The van der Waals surface area contributed by atoms with Gasteiger partial charge in [-0.05, 0) is 19.9 Å². The van der Waals surface area contributed by atoms with Crippen molar-refractivity contribution in [2.45, 2.75) is 19.9 Å². The molecule has 1 rings (SSSR count). The predicted octanol–water partition coefficient (Wildman–Crippen LogP) is 2.72. The van der Waals surface area contributed by atoms with Gasteiger partial charge in [0, 0.05) is 11.6 Å². The molecule has 1 aromatic carbocycles. The fourth-order valence-corrected chi connectivity index (χ4v) is 1.56. The molecule has 0 unspecified atom stereocenters. The Hall–Kier alpha value is -1.27. The molecule has 3 nitrogen and oxygen atoms in total. The van der Waals surface area contributed by atoms with Gasteiger partial charge in [0.15, 0.2) is 17.5 Å². The number of halogens is 4. The molecule has 0 aliphatic heterocycles. The topological polar surface area (TPSA) is 52.3 Å². The van der Waals surface area contributed by atoms with Crippen LogP contribution in [0, 0.1) is 22.9 Å². The molecule has 108 valence electrons. The van der Waals surface area contributed by atoms with Crippen molar-refractivity contribution in [2.24, 2.45) is 11.1 Å². The Morgan fingerprint density at radius 3 is 2.26 bits per heavy atom. The van der Waals surface area contributed by atoms with Gasteiger partial charge in [-0.2, -0.15) is 0 Å². The summed E-state index contributed by atoms with van der Waals surface area (Å²) in [6.07, 6.45) is 0. The largest absolute Gasteiger partial charge is 0.469 e. The summed E-state index contributed by atoms with van der Waals surface area (Å²) < 4.78 is 44.0. The standard InChI is InChI=1S/C12H14F3NO2.ClH/c1-12(2,11(17)18-3)10(16)6-4-5-7(13)9(15)8(6)14;/h4-5,10H,16H2,1-3H3;1H/t10-;/m1./s1. The molecule has 1 atom stereocenters. The van der Waals surface area contributed by atoms with E-state index in [1.807, 2.05) is 0 Å². The SMILES string of the molecule is COC(=O)C(C)(C)[C@H](N)c1ccc(F)c(F)c1F.Cl. The lowest BCUT2D eigenvalue weighted by atomic mass is 9.81. The van der Waals surface area contributed by atoms with Crippen LogP contribution in [0.3, 0.4) is 0 Å². The first kappa shape index (κ1) is 17.7. The molecule has 0 saturated heterocycles. The second kappa shape index (κ2) is 6.25. The number of hydrogen-bond acceptors (Lipinski definition) is 3. The molecule has 0 aromatic heterocycles. The number of carbonyl (C=O) groups is 1. The lowest BCUT2D eigenvalue weighted by molar-refractivity contribution is -0.152. The molecule has 0 heterocycles. The van der Waals surface area contributed by atoms with E-state index < -0.39 is 34.9 Å². The second-order valence-electron chi connectivity index (χ2n) is 4.46. The van der Waals surface area contributed by atoms with Crippen molar-refractivity contribution in [1.82, 2.24) is 0 Å². The normalized spacial score (nSPS) is 12.6. The van der Waals surface area contributed by atoms with Crippen LogP contribution in [0.1, 0.15) is 25.5 Å². The molecule has 1 aromatic rings. The highest BCUT2D eigenvalue weighted by atomic mass is 35.5. The van der Waals surface area contributed by atoms with Gasteiger partial charge >= 0.3 is 5.97 Å². The number of carbonyl (C=O) groups excluding carboxylic acids is 1. The highest BCUT2D eigenvalue weighted by molar-refractivity contribution is 5.85. The Kier molecular flexibility index (Phi) is 5.83. The first-order chi connectivity index (χ1) is 8.23. The maximum absolute atomic E-state index is 13.6. The molecule has 0 saturated carbocycles. The number of methoxy groups -OCH3 is 1. The quantitative estimate of drug-likeness (QED) is 0.689. The van der Waals surface area contributed by atoms with Gasteiger partial charge in [0.25, 0.3) is 0 Å². The zero-order valence-electron chi connectivity index (χ0n) is 10.7. The van der Waals surface area contributed by atoms with Crippen LogP contribution in [0.4, 0.5) is 13.2 Å². The van der Waals surface area contributed by atoms with Crippen molar-refractivity contribution in [2.75, 3.05) is 7.11 Å². The zero-order chi connectivity index (χ0) is 14.1. The maximum Gasteiger partial charge on any atom is 0.313 e. The Balaban J connectivity index is 0.00000324. The third-order valence-corrected chi connectivity index (χ3v) is 2.89. The maximum atomic E-state index is 13.6. The van der Waals surface area contributed by atoms with Crippen molar-refractivity contribution in [1.29, 1.82) is 0 Å². The lowest BCUT2D eigenvalue weighted by Gasteiger charge is -2.29. The van der Waals surface area contributed by atoms with Crippen molar-refractivity contribution in [3.8, 4) is 0 Å². The van der Waals surface area contributed by atoms with E-state index in [0.29, 0.717) is 0 Å². The molecule has 0 fully saturated rings. The van der Waals surface area contributed by atoms with Gasteiger partial charge in [0.05, 0.1) is 12.5 Å². The molecular weight excluding hydrogens is 283 g/mol. The van der Waals surface area contributed by atoms with Crippen molar-refractivity contribution in [3.63, 3.8) is 0 Å². The minimum absolute atomic E-state index is 0. The van der Waals surface area contributed by atoms with Crippen LogP contribution in [0.2, 0.25) is 0 Å². The van der Waals surface area contributed by atoms with E-state index in [1.165, 1.54) is 21.0 Å². The summed E-state index contributed by atoms with van der Waals surface area (Å²) in [5.41, 5.74) is 4.20. The van der Waals surface area contributed by atoms with Crippen LogP contribution in [-0.2, 0) is 9.53 Å². The Bertz CT molecular complexity index is 480. The molecule has 0 bridgehead atoms. The number of rotatable bonds is 3. The van der Waals surface area contributed by atoms with Gasteiger partial charge in [-0.25, -0.2) is 13.2 Å². The van der Waals surface area contributed by atoms with E-state index in [2.05, 4.69) is 4.74 Å². The van der Waals surface area contributed by atoms with E-state index in [9.17, 15) is 18.0 Å². The molecule has 7 heteroatoms.